The van der Waals surface area contributed by atoms with Crippen molar-refractivity contribution in [3.8, 4) is 0 Å². The van der Waals surface area contributed by atoms with Crippen molar-refractivity contribution in [2.75, 3.05) is 0 Å². The maximum absolute atomic E-state index is 12.4. The second-order valence-electron chi connectivity index (χ2n) is 5.58. The van der Waals surface area contributed by atoms with Crippen LogP contribution in [0.15, 0.2) is 35.9 Å². The maximum atomic E-state index is 12.4. The normalized spacial score (nSPS) is 23.1. The minimum Gasteiger partial charge on any atom is -0.289 e. The maximum Gasteiger partial charge on any atom is 0.188 e. The van der Waals surface area contributed by atoms with E-state index in [0.29, 0.717) is 5.92 Å². The van der Waals surface area contributed by atoms with Gasteiger partial charge in [-0.3, -0.25) is 4.79 Å². The van der Waals surface area contributed by atoms with Gasteiger partial charge in [0, 0.05) is 5.56 Å². The van der Waals surface area contributed by atoms with E-state index in [-0.39, 0.29) is 5.78 Å². The van der Waals surface area contributed by atoms with E-state index in [4.69, 9.17) is 0 Å². The van der Waals surface area contributed by atoms with Gasteiger partial charge >= 0.3 is 0 Å². The fraction of sp³-hybridized carbons (Fsp3) is 0.471. The predicted octanol–water partition coefficient (Wildman–Crippen LogP) is 4.32. The lowest BCUT2D eigenvalue weighted by Crippen LogP contribution is -2.15. The highest BCUT2D eigenvalue weighted by atomic mass is 16.1. The van der Waals surface area contributed by atoms with Crippen LogP contribution < -0.4 is 0 Å². The molecule has 2 aliphatic carbocycles. The average Bonchev–Trinajstić information content (AvgIpc) is 2.43. The molecule has 0 N–H and O–H groups in total. The van der Waals surface area contributed by atoms with Gasteiger partial charge in [-0.2, -0.15) is 0 Å². The van der Waals surface area contributed by atoms with E-state index >= 15 is 0 Å². The molecule has 0 bridgehead atoms. The number of hydrogen-bond donors (Lipinski definition) is 0. The lowest BCUT2D eigenvalue weighted by Gasteiger charge is -2.22. The van der Waals surface area contributed by atoms with Crippen molar-refractivity contribution in [2.24, 2.45) is 5.92 Å². The van der Waals surface area contributed by atoms with Crippen LogP contribution in [0.5, 0.6) is 0 Å². The van der Waals surface area contributed by atoms with E-state index in [2.05, 4.69) is 12.1 Å². The van der Waals surface area contributed by atoms with Crippen LogP contribution in [-0.4, -0.2) is 5.78 Å². The summed E-state index contributed by atoms with van der Waals surface area (Å²) >= 11 is 0. The Morgan fingerprint density at radius 3 is 2.61 bits per heavy atom. The molecule has 1 aromatic rings. The highest BCUT2D eigenvalue weighted by Crippen LogP contribution is 2.30. The van der Waals surface area contributed by atoms with Crippen molar-refractivity contribution in [1.82, 2.24) is 0 Å². The monoisotopic (exact) mass is 240 g/mol. The molecular formula is C17H20O. The van der Waals surface area contributed by atoms with Gasteiger partial charge in [0.25, 0.3) is 0 Å². The number of benzene rings is 1. The van der Waals surface area contributed by atoms with Crippen molar-refractivity contribution in [2.45, 2.75) is 44.9 Å². The molecule has 94 valence electrons. The topological polar surface area (TPSA) is 17.1 Å². The van der Waals surface area contributed by atoms with E-state index in [0.717, 1.165) is 24.0 Å². The molecule has 1 aromatic carbocycles. The molecule has 3 rings (SSSR count). The molecular weight excluding hydrogens is 220 g/mol. The molecule has 0 heterocycles. The van der Waals surface area contributed by atoms with Crippen LogP contribution >= 0.6 is 0 Å². The van der Waals surface area contributed by atoms with Crippen molar-refractivity contribution in [3.63, 3.8) is 0 Å². The van der Waals surface area contributed by atoms with E-state index in [9.17, 15) is 4.79 Å². The van der Waals surface area contributed by atoms with Gasteiger partial charge in [-0.15, -0.1) is 0 Å². The highest BCUT2D eigenvalue weighted by molar-refractivity contribution is 6.10. The van der Waals surface area contributed by atoms with Crippen molar-refractivity contribution < 1.29 is 4.79 Å². The standard InChI is InChI=1S/C17H20O/c18-17-15(12-13-6-2-1-3-7-13)11-10-14-8-4-5-9-16(14)17/h4-5,8-9,12-13H,1-3,6-7,10-11H2. The van der Waals surface area contributed by atoms with Gasteiger partial charge in [0.15, 0.2) is 5.78 Å². The Morgan fingerprint density at radius 1 is 1.00 bits per heavy atom. The summed E-state index contributed by atoms with van der Waals surface area (Å²) in [7, 11) is 0. The summed E-state index contributed by atoms with van der Waals surface area (Å²) in [5.41, 5.74) is 3.23. The van der Waals surface area contributed by atoms with E-state index in [1.807, 2.05) is 18.2 Å². The number of ketones is 1. The van der Waals surface area contributed by atoms with Crippen LogP contribution in [0.3, 0.4) is 0 Å². The first-order chi connectivity index (χ1) is 8.84. The SMILES string of the molecule is O=C1C(=CC2CCCCC2)CCc2ccccc21. The Balaban J connectivity index is 1.83. The Labute approximate surface area is 109 Å². The third-order valence-electron chi connectivity index (χ3n) is 4.30. The van der Waals surface area contributed by atoms with Crippen LogP contribution in [0.25, 0.3) is 0 Å². The number of aryl methyl sites for hydroxylation is 1. The molecule has 2 aliphatic rings. The highest BCUT2D eigenvalue weighted by Gasteiger charge is 2.22. The Bertz CT molecular complexity index is 478. The minimum absolute atomic E-state index is 0.280. The van der Waals surface area contributed by atoms with Gasteiger partial charge in [0.2, 0.25) is 0 Å². The molecule has 1 fully saturated rings. The molecule has 0 atom stereocenters. The summed E-state index contributed by atoms with van der Waals surface area (Å²) in [6.07, 6.45) is 10.8. The third-order valence-corrected chi connectivity index (χ3v) is 4.30. The summed E-state index contributed by atoms with van der Waals surface area (Å²) in [5.74, 6) is 0.936. The van der Waals surface area contributed by atoms with Gasteiger partial charge < -0.3 is 0 Å². The first kappa shape index (κ1) is 11.7. The van der Waals surface area contributed by atoms with E-state index < -0.39 is 0 Å². The van der Waals surface area contributed by atoms with E-state index in [1.54, 1.807) is 0 Å². The molecule has 18 heavy (non-hydrogen) atoms. The summed E-state index contributed by atoms with van der Waals surface area (Å²) in [6.45, 7) is 0. The molecule has 0 spiro atoms. The van der Waals surface area contributed by atoms with Gasteiger partial charge in [-0.05, 0) is 42.7 Å². The molecule has 1 saturated carbocycles. The van der Waals surface area contributed by atoms with Crippen molar-refractivity contribution in [1.29, 1.82) is 0 Å². The second kappa shape index (κ2) is 5.09. The number of Topliss-reactive ketones (excluding diaryl/α,β-unsaturated/α-hetero) is 1. The van der Waals surface area contributed by atoms with Crippen LogP contribution in [-0.2, 0) is 6.42 Å². The molecule has 1 nitrogen and oxygen atoms in total. The van der Waals surface area contributed by atoms with Gasteiger partial charge in [0.05, 0.1) is 0 Å². The fourth-order valence-corrected chi connectivity index (χ4v) is 3.26. The summed E-state index contributed by atoms with van der Waals surface area (Å²) in [6, 6.07) is 8.07. The first-order valence-electron chi connectivity index (χ1n) is 7.18. The van der Waals surface area contributed by atoms with Gasteiger partial charge in [0.1, 0.15) is 0 Å². The molecule has 0 amide bonds. The Morgan fingerprint density at radius 2 is 1.78 bits per heavy atom. The molecule has 0 radical (unpaired) electrons. The van der Waals surface area contributed by atoms with Crippen LogP contribution in [0.1, 0.15) is 54.4 Å². The molecule has 0 aromatic heterocycles. The number of allylic oxidation sites excluding steroid dienone is 2. The van der Waals surface area contributed by atoms with E-state index in [1.165, 1.54) is 37.7 Å². The quantitative estimate of drug-likeness (QED) is 0.668. The number of carbonyl (C=O) groups is 1. The number of carbonyl (C=O) groups excluding carboxylic acids is 1. The largest absolute Gasteiger partial charge is 0.289 e. The van der Waals surface area contributed by atoms with Gasteiger partial charge in [-0.1, -0.05) is 49.6 Å². The van der Waals surface area contributed by atoms with Gasteiger partial charge in [-0.25, -0.2) is 0 Å². The number of hydrogen-bond acceptors (Lipinski definition) is 1. The van der Waals surface area contributed by atoms with Crippen LogP contribution in [0.2, 0.25) is 0 Å². The fourth-order valence-electron chi connectivity index (χ4n) is 3.26. The summed E-state index contributed by atoms with van der Waals surface area (Å²) < 4.78 is 0. The summed E-state index contributed by atoms with van der Waals surface area (Å²) in [5, 5.41) is 0. The van der Waals surface area contributed by atoms with Crippen LogP contribution in [0, 0.1) is 5.92 Å². The molecule has 0 unspecified atom stereocenters. The van der Waals surface area contributed by atoms with Crippen molar-refractivity contribution in [3.05, 3.63) is 47.0 Å². The van der Waals surface area contributed by atoms with Crippen LogP contribution in [0.4, 0.5) is 0 Å². The lowest BCUT2D eigenvalue weighted by molar-refractivity contribution is 0.102. The second-order valence-corrected chi connectivity index (χ2v) is 5.58. The summed E-state index contributed by atoms with van der Waals surface area (Å²) in [4.78, 5) is 12.4. The zero-order valence-corrected chi connectivity index (χ0v) is 10.8. The Hall–Kier alpha value is -1.37. The predicted molar refractivity (Wildman–Crippen MR) is 73.8 cm³/mol. The average molecular weight is 240 g/mol. The third kappa shape index (κ3) is 2.27. The Kier molecular flexibility index (Phi) is 3.31. The first-order valence-corrected chi connectivity index (χ1v) is 7.18. The molecule has 1 heteroatoms. The zero-order chi connectivity index (χ0) is 12.4. The number of rotatable bonds is 1. The molecule has 0 saturated heterocycles. The number of fused-ring (bicyclic) bond motifs is 1. The smallest absolute Gasteiger partial charge is 0.188 e. The van der Waals surface area contributed by atoms with Crippen molar-refractivity contribution >= 4 is 5.78 Å². The minimum atomic E-state index is 0.280. The lowest BCUT2D eigenvalue weighted by atomic mass is 9.82. The molecule has 0 aliphatic heterocycles. The zero-order valence-electron chi connectivity index (χ0n) is 10.8.